The van der Waals surface area contributed by atoms with Crippen molar-refractivity contribution in [3.8, 4) is 0 Å². The van der Waals surface area contributed by atoms with E-state index in [2.05, 4.69) is 31.0 Å². The largest absolute Gasteiger partial charge is 0.385 e. The lowest BCUT2D eigenvalue weighted by molar-refractivity contribution is 0.120. The van der Waals surface area contributed by atoms with Gasteiger partial charge in [0.25, 0.3) is 0 Å². The van der Waals surface area contributed by atoms with Crippen molar-refractivity contribution in [2.45, 2.75) is 25.3 Å². The van der Waals surface area contributed by atoms with Crippen LogP contribution in [0.3, 0.4) is 0 Å². The van der Waals surface area contributed by atoms with Gasteiger partial charge in [-0.05, 0) is 44.5 Å². The van der Waals surface area contributed by atoms with Gasteiger partial charge in [0, 0.05) is 37.4 Å². The summed E-state index contributed by atoms with van der Waals surface area (Å²) in [6, 6.07) is 8.00. The van der Waals surface area contributed by atoms with E-state index in [9.17, 15) is 0 Å². The lowest BCUT2D eigenvalue weighted by atomic mass is 9.91. The van der Waals surface area contributed by atoms with Crippen LogP contribution in [0.1, 0.15) is 18.9 Å². The van der Waals surface area contributed by atoms with E-state index in [1.165, 1.54) is 5.56 Å². The van der Waals surface area contributed by atoms with Crippen LogP contribution in [0.2, 0.25) is 5.02 Å². The molecule has 0 saturated carbocycles. The molecule has 108 valence electrons. The summed E-state index contributed by atoms with van der Waals surface area (Å²) in [6.07, 6.45) is 1.94. The number of likely N-dealkylation sites (N-methyl/N-ethyl adjacent to an activating group) is 1. The molecule has 0 aliphatic heterocycles. The molecule has 0 fully saturated rings. The van der Waals surface area contributed by atoms with Crippen molar-refractivity contribution < 1.29 is 4.74 Å². The molecule has 0 spiro atoms. The minimum absolute atomic E-state index is 0.0401. The molecule has 4 heteroatoms. The second-order valence-electron chi connectivity index (χ2n) is 5.27. The van der Waals surface area contributed by atoms with Crippen molar-refractivity contribution in [2.75, 3.05) is 33.9 Å². The summed E-state index contributed by atoms with van der Waals surface area (Å²) in [4.78, 5) is 2.32. The zero-order chi connectivity index (χ0) is 14.3. The number of benzene rings is 1. The minimum Gasteiger partial charge on any atom is -0.385 e. The monoisotopic (exact) mass is 284 g/mol. The molecule has 1 rings (SSSR count). The molecular formula is C15H25ClN2O. The Morgan fingerprint density at radius 3 is 2.47 bits per heavy atom. The number of methoxy groups -OCH3 is 1. The number of nitrogens with two attached hydrogens (primary N) is 1. The van der Waals surface area contributed by atoms with E-state index in [0.717, 1.165) is 31.0 Å². The first-order chi connectivity index (χ1) is 9.01. The fraction of sp³-hybridized carbons (Fsp3) is 0.600. The van der Waals surface area contributed by atoms with Crippen LogP contribution in [0.25, 0.3) is 0 Å². The number of nitrogens with zero attached hydrogens (tertiary/aromatic N) is 1. The van der Waals surface area contributed by atoms with Crippen molar-refractivity contribution in [3.05, 3.63) is 34.9 Å². The van der Waals surface area contributed by atoms with Crippen LogP contribution in [0.15, 0.2) is 24.3 Å². The minimum atomic E-state index is -0.0401. The van der Waals surface area contributed by atoms with E-state index in [1.807, 2.05) is 12.1 Å². The van der Waals surface area contributed by atoms with Gasteiger partial charge in [-0.1, -0.05) is 23.7 Å². The van der Waals surface area contributed by atoms with Gasteiger partial charge in [-0.2, -0.15) is 0 Å². The fourth-order valence-corrected chi connectivity index (χ4v) is 2.25. The molecule has 0 saturated heterocycles. The molecule has 1 unspecified atom stereocenters. The zero-order valence-electron chi connectivity index (χ0n) is 12.2. The first-order valence-electron chi connectivity index (χ1n) is 6.66. The normalized spacial score (nSPS) is 14.6. The van der Waals surface area contributed by atoms with Crippen molar-refractivity contribution >= 4 is 11.6 Å². The van der Waals surface area contributed by atoms with Crippen LogP contribution in [-0.2, 0) is 11.2 Å². The summed E-state index contributed by atoms with van der Waals surface area (Å²) in [5.41, 5.74) is 7.21. The van der Waals surface area contributed by atoms with Crippen LogP contribution < -0.4 is 5.73 Å². The van der Waals surface area contributed by atoms with Gasteiger partial charge in [0.1, 0.15) is 0 Å². The average molecular weight is 285 g/mol. The molecule has 0 aliphatic carbocycles. The van der Waals surface area contributed by atoms with Crippen LogP contribution in [0.4, 0.5) is 0 Å². The van der Waals surface area contributed by atoms with Crippen LogP contribution in [0, 0.1) is 0 Å². The van der Waals surface area contributed by atoms with Gasteiger partial charge in [0.15, 0.2) is 0 Å². The maximum absolute atomic E-state index is 5.99. The first-order valence-corrected chi connectivity index (χ1v) is 7.04. The van der Waals surface area contributed by atoms with E-state index >= 15 is 0 Å². The Morgan fingerprint density at radius 2 is 1.95 bits per heavy atom. The van der Waals surface area contributed by atoms with E-state index in [4.69, 9.17) is 22.1 Å². The Balaban J connectivity index is 2.65. The van der Waals surface area contributed by atoms with Crippen LogP contribution >= 0.6 is 11.6 Å². The summed E-state index contributed by atoms with van der Waals surface area (Å²) >= 11 is 5.91. The van der Waals surface area contributed by atoms with Gasteiger partial charge < -0.3 is 10.5 Å². The highest BCUT2D eigenvalue weighted by atomic mass is 35.5. The molecule has 3 nitrogen and oxygen atoms in total. The van der Waals surface area contributed by atoms with Gasteiger partial charge in [-0.15, -0.1) is 0 Å². The summed E-state index contributed by atoms with van der Waals surface area (Å²) in [6.45, 7) is 4.59. The second-order valence-corrected chi connectivity index (χ2v) is 5.71. The molecule has 0 bridgehead atoms. The van der Waals surface area contributed by atoms with Gasteiger partial charge >= 0.3 is 0 Å². The topological polar surface area (TPSA) is 38.5 Å². The first kappa shape index (κ1) is 16.4. The molecule has 1 atom stereocenters. The Bertz CT molecular complexity index is 369. The smallest absolute Gasteiger partial charge is 0.0474 e. The Hall–Kier alpha value is -0.610. The van der Waals surface area contributed by atoms with Gasteiger partial charge in [0.2, 0.25) is 0 Å². The van der Waals surface area contributed by atoms with E-state index in [-0.39, 0.29) is 5.54 Å². The molecular weight excluding hydrogens is 260 g/mol. The fourth-order valence-electron chi connectivity index (χ4n) is 2.12. The van der Waals surface area contributed by atoms with Crippen molar-refractivity contribution in [3.63, 3.8) is 0 Å². The van der Waals surface area contributed by atoms with E-state index in [0.29, 0.717) is 6.54 Å². The lowest BCUT2D eigenvalue weighted by Gasteiger charge is -2.38. The van der Waals surface area contributed by atoms with Gasteiger partial charge in [-0.3, -0.25) is 4.90 Å². The SMILES string of the molecule is COCCCN(C)C(C)(CN)Cc1ccc(Cl)cc1. The molecule has 0 heterocycles. The molecule has 0 aliphatic rings. The maximum Gasteiger partial charge on any atom is 0.0474 e. The quantitative estimate of drug-likeness (QED) is 0.746. The van der Waals surface area contributed by atoms with Crippen molar-refractivity contribution in [1.29, 1.82) is 0 Å². The molecule has 1 aromatic rings. The number of hydrogen-bond donors (Lipinski definition) is 1. The van der Waals surface area contributed by atoms with E-state index in [1.54, 1.807) is 7.11 Å². The van der Waals surface area contributed by atoms with Crippen LogP contribution in [-0.4, -0.2) is 44.3 Å². The molecule has 19 heavy (non-hydrogen) atoms. The van der Waals surface area contributed by atoms with Gasteiger partial charge in [-0.25, -0.2) is 0 Å². The standard InChI is InChI=1S/C15H25ClN2O/c1-15(12-17,18(2)9-4-10-19-3)11-13-5-7-14(16)8-6-13/h5-8H,4,9-12,17H2,1-3H3. The predicted molar refractivity (Wildman–Crippen MR) is 81.7 cm³/mol. The molecule has 0 aromatic heterocycles. The molecule has 1 aromatic carbocycles. The lowest BCUT2D eigenvalue weighted by Crippen LogP contribution is -2.51. The number of halogens is 1. The van der Waals surface area contributed by atoms with Crippen molar-refractivity contribution in [2.24, 2.45) is 5.73 Å². The molecule has 0 radical (unpaired) electrons. The highest BCUT2D eigenvalue weighted by Crippen LogP contribution is 2.20. The Labute approximate surface area is 121 Å². The summed E-state index contributed by atoms with van der Waals surface area (Å²) in [5, 5.41) is 0.770. The number of hydrogen-bond acceptors (Lipinski definition) is 3. The number of rotatable bonds is 8. The predicted octanol–water partition coefficient (Wildman–Crippen LogP) is 2.57. The highest BCUT2D eigenvalue weighted by molar-refractivity contribution is 6.30. The second kappa shape index (κ2) is 7.85. The zero-order valence-corrected chi connectivity index (χ0v) is 12.9. The average Bonchev–Trinajstić information content (AvgIpc) is 2.41. The maximum atomic E-state index is 5.99. The van der Waals surface area contributed by atoms with Crippen LogP contribution in [0.5, 0.6) is 0 Å². The third-order valence-corrected chi connectivity index (χ3v) is 3.95. The Morgan fingerprint density at radius 1 is 1.32 bits per heavy atom. The summed E-state index contributed by atoms with van der Waals surface area (Å²) in [5.74, 6) is 0. The summed E-state index contributed by atoms with van der Waals surface area (Å²) in [7, 11) is 3.86. The van der Waals surface area contributed by atoms with Gasteiger partial charge in [0.05, 0.1) is 0 Å². The molecule has 2 N–H and O–H groups in total. The Kier molecular flexibility index (Phi) is 6.80. The third-order valence-electron chi connectivity index (χ3n) is 3.70. The van der Waals surface area contributed by atoms with E-state index < -0.39 is 0 Å². The summed E-state index contributed by atoms with van der Waals surface area (Å²) < 4.78 is 5.10. The number of ether oxygens (including phenoxy) is 1. The highest BCUT2D eigenvalue weighted by Gasteiger charge is 2.27. The van der Waals surface area contributed by atoms with Crippen molar-refractivity contribution in [1.82, 2.24) is 4.90 Å². The molecule has 0 amide bonds. The third kappa shape index (κ3) is 5.11.